The summed E-state index contributed by atoms with van der Waals surface area (Å²) in [6.07, 6.45) is 0. The molecule has 0 heterocycles. The summed E-state index contributed by atoms with van der Waals surface area (Å²) < 4.78 is 53.5. The lowest BCUT2D eigenvalue weighted by molar-refractivity contribution is 0.0950. The molecule has 2 rings (SSSR count). The Kier molecular flexibility index (Phi) is 6.44. The van der Waals surface area contributed by atoms with Crippen LogP contribution in [0.4, 0.5) is 0 Å². The number of carbonyl (C=O) groups is 1. The summed E-state index contributed by atoms with van der Waals surface area (Å²) in [4.78, 5) is 12.3. The normalized spacial score (nSPS) is 12.0. The van der Waals surface area contributed by atoms with E-state index in [0.29, 0.717) is 5.56 Å². The summed E-state index contributed by atoms with van der Waals surface area (Å²) in [7, 11) is -3.48. The highest BCUT2D eigenvalue weighted by Gasteiger charge is 2.23. The van der Waals surface area contributed by atoms with E-state index in [9.17, 15) is 21.6 Å². The molecule has 0 saturated carbocycles. The van der Waals surface area contributed by atoms with E-state index in [1.54, 1.807) is 0 Å². The second kappa shape index (κ2) is 8.27. The van der Waals surface area contributed by atoms with Crippen LogP contribution in [0.25, 0.3) is 0 Å². The predicted molar refractivity (Wildman–Crippen MR) is 103 cm³/mol. The standard InChI is InChI=1S/C17H21N3O6S2/c1-20(2)28(24,25)16-10-13(6-9-15(16)26-3)17(21)19-11-12-4-7-14(8-5-12)27(18,22)23/h4-10H,11H2,1-3H3,(H,19,21)(H2,18,22,23). The molecule has 9 nitrogen and oxygen atoms in total. The van der Waals surface area contributed by atoms with Crippen LogP contribution in [0, 0.1) is 0 Å². The lowest BCUT2D eigenvalue weighted by Gasteiger charge is -2.15. The van der Waals surface area contributed by atoms with Gasteiger partial charge in [-0.05, 0) is 35.9 Å². The number of carbonyl (C=O) groups excluding carboxylic acids is 1. The number of hydrogen-bond donors (Lipinski definition) is 2. The zero-order valence-electron chi connectivity index (χ0n) is 15.5. The quantitative estimate of drug-likeness (QED) is 0.661. The van der Waals surface area contributed by atoms with E-state index in [-0.39, 0.29) is 27.6 Å². The van der Waals surface area contributed by atoms with E-state index in [4.69, 9.17) is 9.88 Å². The molecule has 0 radical (unpaired) electrons. The molecule has 0 bridgehead atoms. The Labute approximate surface area is 164 Å². The molecule has 2 aromatic carbocycles. The molecule has 0 aliphatic heterocycles. The average Bonchev–Trinajstić information content (AvgIpc) is 2.65. The lowest BCUT2D eigenvalue weighted by Crippen LogP contribution is -2.25. The molecule has 11 heteroatoms. The second-order valence-electron chi connectivity index (χ2n) is 6.02. The molecule has 0 aliphatic rings. The van der Waals surface area contributed by atoms with Gasteiger partial charge in [0, 0.05) is 26.2 Å². The van der Waals surface area contributed by atoms with Crippen LogP contribution in [0.3, 0.4) is 0 Å². The maximum absolute atomic E-state index is 12.4. The summed E-state index contributed by atoms with van der Waals surface area (Å²) in [6, 6.07) is 9.83. The SMILES string of the molecule is COc1ccc(C(=O)NCc2ccc(S(N)(=O)=O)cc2)cc1S(=O)(=O)N(C)C. The van der Waals surface area contributed by atoms with Gasteiger partial charge < -0.3 is 10.1 Å². The van der Waals surface area contributed by atoms with Crippen molar-refractivity contribution in [3.63, 3.8) is 0 Å². The molecular formula is C17H21N3O6S2. The fourth-order valence-corrected chi connectivity index (χ4v) is 3.89. The first-order valence-corrected chi connectivity index (χ1v) is 11.0. The molecular weight excluding hydrogens is 406 g/mol. The van der Waals surface area contributed by atoms with E-state index in [1.165, 1.54) is 63.7 Å². The number of benzene rings is 2. The van der Waals surface area contributed by atoms with Crippen LogP contribution in [0.15, 0.2) is 52.3 Å². The maximum atomic E-state index is 12.4. The summed E-state index contributed by atoms with van der Waals surface area (Å²) >= 11 is 0. The van der Waals surface area contributed by atoms with E-state index in [0.717, 1.165) is 4.31 Å². The Morgan fingerprint density at radius 3 is 2.18 bits per heavy atom. The topological polar surface area (TPSA) is 136 Å². The highest BCUT2D eigenvalue weighted by molar-refractivity contribution is 7.89. The molecule has 0 aromatic heterocycles. The largest absolute Gasteiger partial charge is 0.495 e. The van der Waals surface area contributed by atoms with E-state index in [1.807, 2.05) is 0 Å². The van der Waals surface area contributed by atoms with Gasteiger partial charge in [0.25, 0.3) is 5.91 Å². The highest BCUT2D eigenvalue weighted by Crippen LogP contribution is 2.26. The maximum Gasteiger partial charge on any atom is 0.251 e. The van der Waals surface area contributed by atoms with Gasteiger partial charge in [0.05, 0.1) is 12.0 Å². The third-order valence-electron chi connectivity index (χ3n) is 3.89. The Morgan fingerprint density at radius 2 is 1.68 bits per heavy atom. The summed E-state index contributed by atoms with van der Waals surface area (Å²) in [5.41, 5.74) is 0.790. The van der Waals surface area contributed by atoms with Crippen molar-refractivity contribution in [1.82, 2.24) is 9.62 Å². The summed E-state index contributed by atoms with van der Waals surface area (Å²) in [5, 5.41) is 7.69. The minimum absolute atomic E-state index is 0.0312. The van der Waals surface area contributed by atoms with Crippen molar-refractivity contribution >= 4 is 26.0 Å². The average molecular weight is 428 g/mol. The number of methoxy groups -OCH3 is 1. The van der Waals surface area contributed by atoms with Gasteiger partial charge in [-0.3, -0.25) is 4.79 Å². The van der Waals surface area contributed by atoms with Crippen molar-refractivity contribution in [3.05, 3.63) is 53.6 Å². The Balaban J connectivity index is 2.21. The van der Waals surface area contributed by atoms with Gasteiger partial charge in [0.2, 0.25) is 20.0 Å². The fraction of sp³-hybridized carbons (Fsp3) is 0.235. The van der Waals surface area contributed by atoms with Gasteiger partial charge in [-0.15, -0.1) is 0 Å². The first-order valence-electron chi connectivity index (χ1n) is 7.97. The highest BCUT2D eigenvalue weighted by atomic mass is 32.2. The predicted octanol–water partition coefficient (Wildman–Crippen LogP) is 0.523. The molecule has 0 spiro atoms. The van der Waals surface area contributed by atoms with Crippen LogP contribution in [0.2, 0.25) is 0 Å². The molecule has 0 saturated heterocycles. The third-order valence-corrected chi connectivity index (χ3v) is 6.65. The molecule has 0 fully saturated rings. The number of nitrogens with one attached hydrogen (secondary N) is 1. The summed E-state index contributed by atoms with van der Waals surface area (Å²) in [5.74, 6) is -0.364. The summed E-state index contributed by atoms with van der Waals surface area (Å²) in [6.45, 7) is 0.117. The first-order chi connectivity index (χ1) is 13.0. The van der Waals surface area contributed by atoms with Gasteiger partial charge >= 0.3 is 0 Å². The molecule has 1 amide bonds. The van der Waals surface area contributed by atoms with Crippen molar-refractivity contribution in [2.24, 2.45) is 5.14 Å². The number of amides is 1. The number of rotatable bonds is 7. The zero-order chi connectivity index (χ0) is 21.1. The Hall–Kier alpha value is -2.47. The van der Waals surface area contributed by atoms with Crippen LogP contribution in [-0.2, 0) is 26.6 Å². The zero-order valence-corrected chi connectivity index (χ0v) is 17.2. The van der Waals surface area contributed by atoms with Crippen LogP contribution >= 0.6 is 0 Å². The number of hydrogen-bond acceptors (Lipinski definition) is 6. The van der Waals surface area contributed by atoms with Crippen molar-refractivity contribution in [3.8, 4) is 5.75 Å². The molecule has 0 atom stereocenters. The molecule has 3 N–H and O–H groups in total. The number of ether oxygens (including phenoxy) is 1. The van der Waals surface area contributed by atoms with Gasteiger partial charge in [-0.25, -0.2) is 26.3 Å². The molecule has 28 heavy (non-hydrogen) atoms. The second-order valence-corrected chi connectivity index (χ2v) is 9.71. The lowest BCUT2D eigenvalue weighted by atomic mass is 10.2. The van der Waals surface area contributed by atoms with E-state index < -0.39 is 26.0 Å². The minimum atomic E-state index is -3.80. The molecule has 2 aromatic rings. The molecule has 0 aliphatic carbocycles. The van der Waals surface area contributed by atoms with Crippen molar-refractivity contribution in [2.75, 3.05) is 21.2 Å². The minimum Gasteiger partial charge on any atom is -0.495 e. The van der Waals surface area contributed by atoms with Crippen LogP contribution in [0.1, 0.15) is 15.9 Å². The monoisotopic (exact) mass is 427 g/mol. The van der Waals surface area contributed by atoms with Crippen LogP contribution in [0.5, 0.6) is 5.75 Å². The van der Waals surface area contributed by atoms with E-state index in [2.05, 4.69) is 5.32 Å². The number of sulfonamides is 2. The van der Waals surface area contributed by atoms with Crippen molar-refractivity contribution in [1.29, 1.82) is 0 Å². The first kappa shape index (κ1) is 21.8. The van der Waals surface area contributed by atoms with Crippen molar-refractivity contribution < 1.29 is 26.4 Å². The van der Waals surface area contributed by atoms with Crippen LogP contribution in [-0.4, -0.2) is 48.3 Å². The van der Waals surface area contributed by atoms with Crippen molar-refractivity contribution in [2.45, 2.75) is 16.3 Å². The van der Waals surface area contributed by atoms with E-state index >= 15 is 0 Å². The molecule has 0 unspecified atom stereocenters. The smallest absolute Gasteiger partial charge is 0.251 e. The number of nitrogens with two attached hydrogens (primary N) is 1. The Morgan fingerprint density at radius 1 is 1.07 bits per heavy atom. The van der Waals surface area contributed by atoms with Gasteiger partial charge in [0.1, 0.15) is 10.6 Å². The number of primary sulfonamides is 1. The number of nitrogens with zero attached hydrogens (tertiary/aromatic N) is 1. The third kappa shape index (κ3) is 4.87. The fourth-order valence-electron chi connectivity index (χ4n) is 2.30. The molecule has 152 valence electrons. The van der Waals surface area contributed by atoms with Gasteiger partial charge in [-0.2, -0.15) is 0 Å². The van der Waals surface area contributed by atoms with Gasteiger partial charge in [0.15, 0.2) is 0 Å². The van der Waals surface area contributed by atoms with Gasteiger partial charge in [-0.1, -0.05) is 12.1 Å². The Bertz CT molecular complexity index is 1080. The van der Waals surface area contributed by atoms with Crippen LogP contribution < -0.4 is 15.2 Å².